The van der Waals surface area contributed by atoms with Crippen molar-refractivity contribution in [3.05, 3.63) is 30.3 Å². The molecule has 0 aliphatic rings. The van der Waals surface area contributed by atoms with Crippen LogP contribution in [0.2, 0.25) is 0 Å². The molecule has 0 fully saturated rings. The minimum atomic E-state index is -0.211. The highest BCUT2D eigenvalue weighted by atomic mass is 16.5. The Labute approximate surface area is 78.0 Å². The van der Waals surface area contributed by atoms with Crippen molar-refractivity contribution in [2.45, 2.75) is 13.8 Å². The van der Waals surface area contributed by atoms with Crippen LogP contribution in [-0.2, 0) is 9.53 Å². The first-order chi connectivity index (χ1) is 6.16. The lowest BCUT2D eigenvalue weighted by Gasteiger charge is -1.89. The summed E-state index contributed by atoms with van der Waals surface area (Å²) in [4.78, 5) is 9.82. The number of phenolic OH excluding ortho intramolecular Hbond substituents is 1. The summed E-state index contributed by atoms with van der Waals surface area (Å²) >= 11 is 0. The number of para-hydroxylation sites is 1. The van der Waals surface area contributed by atoms with E-state index in [9.17, 15) is 4.79 Å². The molecule has 72 valence electrons. The van der Waals surface area contributed by atoms with Gasteiger partial charge in [0.15, 0.2) is 0 Å². The van der Waals surface area contributed by atoms with Crippen molar-refractivity contribution in [2.75, 3.05) is 6.61 Å². The monoisotopic (exact) mass is 182 g/mol. The Bertz CT molecular complexity index is 231. The fourth-order valence-electron chi connectivity index (χ4n) is 0.631. The zero-order valence-electron chi connectivity index (χ0n) is 7.86. The number of rotatable bonds is 1. The van der Waals surface area contributed by atoms with Crippen molar-refractivity contribution >= 4 is 5.97 Å². The van der Waals surface area contributed by atoms with Crippen LogP contribution < -0.4 is 0 Å². The van der Waals surface area contributed by atoms with Crippen LogP contribution in [0.15, 0.2) is 30.3 Å². The Kier molecular flexibility index (Phi) is 6.32. The summed E-state index contributed by atoms with van der Waals surface area (Å²) in [7, 11) is 0. The van der Waals surface area contributed by atoms with Crippen molar-refractivity contribution in [1.29, 1.82) is 0 Å². The van der Waals surface area contributed by atoms with E-state index in [1.54, 1.807) is 31.2 Å². The molecule has 1 rings (SSSR count). The number of aromatic hydroxyl groups is 1. The smallest absolute Gasteiger partial charge is 0.302 e. The maximum Gasteiger partial charge on any atom is 0.302 e. The zero-order chi connectivity index (χ0) is 10.1. The number of phenols is 1. The molecule has 0 aromatic heterocycles. The highest BCUT2D eigenvalue weighted by Crippen LogP contribution is 2.02. The molecule has 0 saturated carbocycles. The molecule has 0 atom stereocenters. The molecule has 0 radical (unpaired) electrons. The minimum absolute atomic E-state index is 0.211. The van der Waals surface area contributed by atoms with E-state index >= 15 is 0 Å². The normalized spacial score (nSPS) is 8.15. The van der Waals surface area contributed by atoms with Gasteiger partial charge in [0.1, 0.15) is 5.75 Å². The fourth-order valence-corrected chi connectivity index (χ4v) is 0.631. The maximum atomic E-state index is 9.82. The molecule has 0 aliphatic carbocycles. The predicted molar refractivity (Wildman–Crippen MR) is 50.4 cm³/mol. The first kappa shape index (κ1) is 11.5. The molecular formula is C10H14O3. The van der Waals surface area contributed by atoms with Crippen LogP contribution in [0.1, 0.15) is 13.8 Å². The van der Waals surface area contributed by atoms with Crippen LogP contribution in [0, 0.1) is 0 Å². The molecule has 1 aromatic rings. The number of hydrogen-bond donors (Lipinski definition) is 1. The van der Waals surface area contributed by atoms with E-state index in [0.717, 1.165) is 0 Å². The molecule has 0 spiro atoms. The Morgan fingerprint density at radius 3 is 2.08 bits per heavy atom. The van der Waals surface area contributed by atoms with Gasteiger partial charge in [-0.1, -0.05) is 18.2 Å². The lowest BCUT2D eigenvalue weighted by molar-refractivity contribution is -0.140. The third kappa shape index (κ3) is 8.40. The van der Waals surface area contributed by atoms with Gasteiger partial charge in [0.25, 0.3) is 0 Å². The molecule has 1 aromatic carbocycles. The van der Waals surface area contributed by atoms with Crippen LogP contribution in [0.5, 0.6) is 5.75 Å². The van der Waals surface area contributed by atoms with Crippen LogP contribution in [0.3, 0.4) is 0 Å². The quantitative estimate of drug-likeness (QED) is 0.675. The van der Waals surface area contributed by atoms with Crippen molar-refractivity contribution in [1.82, 2.24) is 0 Å². The SMILES string of the molecule is CCOC(C)=O.Oc1ccccc1. The van der Waals surface area contributed by atoms with Crippen LogP contribution in [-0.4, -0.2) is 17.7 Å². The fraction of sp³-hybridized carbons (Fsp3) is 0.300. The zero-order valence-corrected chi connectivity index (χ0v) is 7.86. The number of benzene rings is 1. The van der Waals surface area contributed by atoms with Gasteiger partial charge in [-0.2, -0.15) is 0 Å². The van der Waals surface area contributed by atoms with Crippen LogP contribution in [0.25, 0.3) is 0 Å². The van der Waals surface area contributed by atoms with Crippen molar-refractivity contribution in [2.24, 2.45) is 0 Å². The average Bonchev–Trinajstić information content (AvgIpc) is 2.06. The molecule has 0 heterocycles. The Balaban J connectivity index is 0.000000226. The Hall–Kier alpha value is -1.51. The summed E-state index contributed by atoms with van der Waals surface area (Å²) in [5, 5.41) is 8.63. The van der Waals surface area contributed by atoms with Crippen molar-refractivity contribution in [3.63, 3.8) is 0 Å². The first-order valence-corrected chi connectivity index (χ1v) is 4.04. The number of carbonyl (C=O) groups excluding carboxylic acids is 1. The van der Waals surface area contributed by atoms with E-state index < -0.39 is 0 Å². The van der Waals surface area contributed by atoms with Crippen molar-refractivity contribution in [3.8, 4) is 5.75 Å². The molecular weight excluding hydrogens is 168 g/mol. The number of esters is 1. The third-order valence-corrected chi connectivity index (χ3v) is 1.10. The molecule has 3 nitrogen and oxygen atoms in total. The summed E-state index contributed by atoms with van der Waals surface area (Å²) in [6.45, 7) is 3.65. The van der Waals surface area contributed by atoms with Gasteiger partial charge in [0.2, 0.25) is 0 Å². The molecule has 0 bridgehead atoms. The average molecular weight is 182 g/mol. The van der Waals surface area contributed by atoms with Gasteiger partial charge in [-0.05, 0) is 19.1 Å². The molecule has 0 aliphatic heterocycles. The standard InChI is InChI=1S/C6H6O.C4H8O2/c7-6-4-2-1-3-5-6;1-3-6-4(2)5/h1-5,7H;3H2,1-2H3. The number of carbonyl (C=O) groups is 1. The van der Waals surface area contributed by atoms with E-state index in [4.69, 9.17) is 5.11 Å². The molecule has 13 heavy (non-hydrogen) atoms. The van der Waals surface area contributed by atoms with Crippen LogP contribution in [0.4, 0.5) is 0 Å². The van der Waals surface area contributed by atoms with Gasteiger partial charge < -0.3 is 9.84 Å². The largest absolute Gasteiger partial charge is 0.508 e. The van der Waals surface area contributed by atoms with E-state index in [1.807, 2.05) is 6.07 Å². The van der Waals surface area contributed by atoms with E-state index in [1.165, 1.54) is 6.92 Å². The predicted octanol–water partition coefficient (Wildman–Crippen LogP) is 1.96. The van der Waals surface area contributed by atoms with Crippen molar-refractivity contribution < 1.29 is 14.6 Å². The van der Waals surface area contributed by atoms with E-state index in [2.05, 4.69) is 4.74 Å². The van der Waals surface area contributed by atoms with Gasteiger partial charge in [0, 0.05) is 6.92 Å². The van der Waals surface area contributed by atoms with Gasteiger partial charge in [-0.15, -0.1) is 0 Å². The lowest BCUT2D eigenvalue weighted by Crippen LogP contribution is -1.95. The van der Waals surface area contributed by atoms with E-state index in [-0.39, 0.29) is 5.97 Å². The molecule has 0 saturated heterocycles. The molecule has 0 unspecified atom stereocenters. The second kappa shape index (κ2) is 7.16. The molecule has 3 heteroatoms. The van der Waals surface area contributed by atoms with Gasteiger partial charge in [-0.3, -0.25) is 4.79 Å². The maximum absolute atomic E-state index is 9.82. The number of ether oxygens (including phenoxy) is 1. The molecule has 1 N–H and O–H groups in total. The third-order valence-electron chi connectivity index (χ3n) is 1.10. The van der Waals surface area contributed by atoms with Gasteiger partial charge in [-0.25, -0.2) is 0 Å². The Morgan fingerprint density at radius 1 is 1.38 bits per heavy atom. The van der Waals surface area contributed by atoms with Gasteiger partial charge >= 0.3 is 5.97 Å². The summed E-state index contributed by atoms with van der Waals surface area (Å²) in [6, 6.07) is 8.71. The summed E-state index contributed by atoms with van der Waals surface area (Å²) < 4.78 is 4.40. The van der Waals surface area contributed by atoms with Gasteiger partial charge in [0.05, 0.1) is 6.61 Å². The Morgan fingerprint density at radius 2 is 1.92 bits per heavy atom. The summed E-state index contributed by atoms with van der Waals surface area (Å²) in [5.41, 5.74) is 0. The van der Waals surface area contributed by atoms with Crippen LogP contribution >= 0.6 is 0 Å². The van der Waals surface area contributed by atoms with E-state index in [0.29, 0.717) is 12.4 Å². The topological polar surface area (TPSA) is 46.5 Å². The lowest BCUT2D eigenvalue weighted by atomic mass is 10.3. The second-order valence-electron chi connectivity index (χ2n) is 2.26. The second-order valence-corrected chi connectivity index (χ2v) is 2.26. The first-order valence-electron chi connectivity index (χ1n) is 4.04. The summed E-state index contributed by atoms with van der Waals surface area (Å²) in [6.07, 6.45) is 0. The molecule has 0 amide bonds. The minimum Gasteiger partial charge on any atom is -0.508 e. The highest BCUT2D eigenvalue weighted by molar-refractivity contribution is 5.65. The summed E-state index contributed by atoms with van der Waals surface area (Å²) in [5.74, 6) is 0.111. The highest BCUT2D eigenvalue weighted by Gasteiger charge is 1.81. The number of hydrogen-bond acceptors (Lipinski definition) is 3.